The summed E-state index contributed by atoms with van der Waals surface area (Å²) >= 11 is 0. The minimum atomic E-state index is -3.47. The summed E-state index contributed by atoms with van der Waals surface area (Å²) in [6.07, 6.45) is 3.47. The van der Waals surface area contributed by atoms with Crippen molar-refractivity contribution in [1.29, 1.82) is 0 Å². The van der Waals surface area contributed by atoms with Crippen LogP contribution >= 0.6 is 0 Å². The fourth-order valence-corrected chi connectivity index (χ4v) is 4.07. The third kappa shape index (κ3) is 3.26. The lowest BCUT2D eigenvalue weighted by Crippen LogP contribution is -2.27. The molecule has 0 radical (unpaired) electrons. The maximum Gasteiger partial charge on any atom is 0.276 e. The maximum atomic E-state index is 12.4. The third-order valence-corrected chi connectivity index (χ3v) is 5.50. The van der Waals surface area contributed by atoms with Crippen molar-refractivity contribution in [3.05, 3.63) is 42.0 Å². The summed E-state index contributed by atoms with van der Waals surface area (Å²) in [6, 6.07) is 7.02. The SMILES string of the molecule is CN(Cc1ccco1)Cc1ccc(S(=O)(=O)N2CCCC2)o1. The zero-order chi connectivity index (χ0) is 15.6. The van der Waals surface area contributed by atoms with Crippen LogP contribution in [-0.4, -0.2) is 37.8 Å². The molecule has 22 heavy (non-hydrogen) atoms. The molecule has 3 heterocycles. The van der Waals surface area contributed by atoms with Gasteiger partial charge in [-0.05, 0) is 44.2 Å². The van der Waals surface area contributed by atoms with Crippen molar-refractivity contribution in [2.75, 3.05) is 20.1 Å². The van der Waals surface area contributed by atoms with Crippen LogP contribution in [0.3, 0.4) is 0 Å². The molecule has 0 aromatic carbocycles. The molecule has 1 aliphatic heterocycles. The number of rotatable bonds is 6. The quantitative estimate of drug-likeness (QED) is 0.815. The molecule has 1 fully saturated rings. The lowest BCUT2D eigenvalue weighted by molar-refractivity contribution is 0.254. The van der Waals surface area contributed by atoms with E-state index in [0.717, 1.165) is 18.6 Å². The zero-order valence-corrected chi connectivity index (χ0v) is 13.4. The second-order valence-electron chi connectivity index (χ2n) is 5.58. The van der Waals surface area contributed by atoms with Gasteiger partial charge in [-0.3, -0.25) is 4.90 Å². The summed E-state index contributed by atoms with van der Waals surface area (Å²) in [7, 11) is -1.54. The molecule has 7 heteroatoms. The van der Waals surface area contributed by atoms with Crippen LogP contribution in [0.15, 0.2) is 44.5 Å². The van der Waals surface area contributed by atoms with E-state index < -0.39 is 10.0 Å². The predicted molar refractivity (Wildman–Crippen MR) is 80.6 cm³/mol. The van der Waals surface area contributed by atoms with Gasteiger partial charge >= 0.3 is 0 Å². The van der Waals surface area contributed by atoms with E-state index in [0.29, 0.717) is 31.9 Å². The van der Waals surface area contributed by atoms with Gasteiger partial charge in [-0.2, -0.15) is 4.31 Å². The summed E-state index contributed by atoms with van der Waals surface area (Å²) in [4.78, 5) is 2.00. The van der Waals surface area contributed by atoms with E-state index in [2.05, 4.69) is 0 Å². The highest BCUT2D eigenvalue weighted by atomic mass is 32.2. The number of sulfonamides is 1. The van der Waals surface area contributed by atoms with Gasteiger partial charge in [0.15, 0.2) is 0 Å². The number of nitrogens with zero attached hydrogens (tertiary/aromatic N) is 2. The topological polar surface area (TPSA) is 66.9 Å². The fraction of sp³-hybridized carbons (Fsp3) is 0.467. The van der Waals surface area contributed by atoms with Gasteiger partial charge < -0.3 is 8.83 Å². The first-order chi connectivity index (χ1) is 10.6. The number of hydrogen-bond acceptors (Lipinski definition) is 5. The third-order valence-electron chi connectivity index (χ3n) is 3.73. The molecule has 0 aliphatic carbocycles. The van der Waals surface area contributed by atoms with Gasteiger partial charge in [-0.1, -0.05) is 0 Å². The van der Waals surface area contributed by atoms with E-state index in [9.17, 15) is 8.42 Å². The van der Waals surface area contributed by atoms with E-state index in [1.54, 1.807) is 18.4 Å². The molecule has 1 saturated heterocycles. The van der Waals surface area contributed by atoms with Crippen LogP contribution in [0.1, 0.15) is 24.4 Å². The predicted octanol–water partition coefficient (Wildman–Crippen LogP) is 2.29. The van der Waals surface area contributed by atoms with Crippen molar-refractivity contribution in [3.63, 3.8) is 0 Å². The molecular formula is C15H20N2O4S. The van der Waals surface area contributed by atoms with E-state index in [4.69, 9.17) is 8.83 Å². The average Bonchev–Trinajstić information content (AvgIpc) is 3.21. The lowest BCUT2D eigenvalue weighted by Gasteiger charge is -2.14. The Hall–Kier alpha value is -1.57. The van der Waals surface area contributed by atoms with Crippen molar-refractivity contribution in [2.45, 2.75) is 31.0 Å². The molecule has 6 nitrogen and oxygen atoms in total. The van der Waals surface area contributed by atoms with Gasteiger partial charge in [0.05, 0.1) is 19.4 Å². The normalized spacial score (nSPS) is 16.6. The Balaban J connectivity index is 1.65. The van der Waals surface area contributed by atoms with Crippen molar-refractivity contribution in [1.82, 2.24) is 9.21 Å². The van der Waals surface area contributed by atoms with Crippen molar-refractivity contribution >= 4 is 10.0 Å². The van der Waals surface area contributed by atoms with Gasteiger partial charge in [-0.25, -0.2) is 8.42 Å². The molecule has 0 saturated carbocycles. The second kappa shape index (κ2) is 6.28. The first kappa shape index (κ1) is 15.3. The highest BCUT2D eigenvalue weighted by molar-refractivity contribution is 7.89. The number of furan rings is 2. The van der Waals surface area contributed by atoms with Crippen LogP contribution in [0.2, 0.25) is 0 Å². The van der Waals surface area contributed by atoms with Gasteiger partial charge in [0.25, 0.3) is 10.0 Å². The lowest BCUT2D eigenvalue weighted by atomic mass is 10.4. The molecule has 0 unspecified atom stereocenters. The fourth-order valence-electron chi connectivity index (χ4n) is 2.63. The van der Waals surface area contributed by atoms with Gasteiger partial charge in [0.2, 0.25) is 5.09 Å². The van der Waals surface area contributed by atoms with Crippen LogP contribution in [0, 0.1) is 0 Å². The molecule has 0 bridgehead atoms. The van der Waals surface area contributed by atoms with Crippen molar-refractivity contribution in [2.24, 2.45) is 0 Å². The average molecular weight is 324 g/mol. The molecule has 0 spiro atoms. The van der Waals surface area contributed by atoms with E-state index in [1.165, 1.54) is 4.31 Å². The van der Waals surface area contributed by atoms with Crippen molar-refractivity contribution in [3.8, 4) is 0 Å². The Morgan fingerprint density at radius 3 is 2.55 bits per heavy atom. The standard InChI is InChI=1S/C15H20N2O4S/c1-16(11-13-5-4-10-20-13)12-14-6-7-15(21-14)22(18,19)17-8-2-3-9-17/h4-7,10H,2-3,8-9,11-12H2,1H3. The minimum absolute atomic E-state index is 0.0378. The molecule has 0 N–H and O–H groups in total. The van der Waals surface area contributed by atoms with Crippen molar-refractivity contribution < 1.29 is 17.3 Å². The molecule has 2 aromatic heterocycles. The van der Waals surface area contributed by atoms with Gasteiger partial charge in [0, 0.05) is 13.1 Å². The van der Waals surface area contributed by atoms with Crippen LogP contribution in [0.5, 0.6) is 0 Å². The summed E-state index contributed by atoms with van der Waals surface area (Å²) in [5.41, 5.74) is 0. The molecule has 2 aromatic rings. The molecule has 3 rings (SSSR count). The summed E-state index contributed by atoms with van der Waals surface area (Å²) < 4.78 is 37.1. The van der Waals surface area contributed by atoms with Gasteiger partial charge in [0.1, 0.15) is 11.5 Å². The van der Waals surface area contributed by atoms with Gasteiger partial charge in [-0.15, -0.1) is 0 Å². The minimum Gasteiger partial charge on any atom is -0.468 e. The van der Waals surface area contributed by atoms with Crippen LogP contribution in [0.4, 0.5) is 0 Å². The number of hydrogen-bond donors (Lipinski definition) is 0. The van der Waals surface area contributed by atoms with Crippen LogP contribution in [-0.2, 0) is 23.1 Å². The molecule has 0 amide bonds. The van der Waals surface area contributed by atoms with Crippen LogP contribution in [0.25, 0.3) is 0 Å². The highest BCUT2D eigenvalue weighted by Crippen LogP contribution is 2.23. The molecule has 0 atom stereocenters. The first-order valence-electron chi connectivity index (χ1n) is 7.35. The van der Waals surface area contributed by atoms with E-state index >= 15 is 0 Å². The molecule has 120 valence electrons. The largest absolute Gasteiger partial charge is 0.468 e. The van der Waals surface area contributed by atoms with Crippen LogP contribution < -0.4 is 0 Å². The monoisotopic (exact) mass is 324 g/mol. The van der Waals surface area contributed by atoms with E-state index in [1.807, 2.05) is 24.1 Å². The zero-order valence-electron chi connectivity index (χ0n) is 12.6. The summed E-state index contributed by atoms with van der Waals surface area (Å²) in [5.74, 6) is 1.49. The Morgan fingerprint density at radius 2 is 1.86 bits per heavy atom. The maximum absolute atomic E-state index is 12.4. The summed E-state index contributed by atoms with van der Waals surface area (Å²) in [6.45, 7) is 2.33. The van der Waals surface area contributed by atoms with E-state index in [-0.39, 0.29) is 5.09 Å². The highest BCUT2D eigenvalue weighted by Gasteiger charge is 2.29. The Morgan fingerprint density at radius 1 is 1.14 bits per heavy atom. The molecular weight excluding hydrogens is 304 g/mol. The smallest absolute Gasteiger partial charge is 0.276 e. The Labute approximate surface area is 130 Å². The summed E-state index contributed by atoms with van der Waals surface area (Å²) in [5, 5.41) is 0.0378. The molecule has 1 aliphatic rings. The second-order valence-corrected chi connectivity index (χ2v) is 7.45. The first-order valence-corrected chi connectivity index (χ1v) is 8.79. The Kier molecular flexibility index (Phi) is 4.37. The Bertz CT molecular complexity index is 700.